The molecule has 4 heteroatoms. The van der Waals surface area contributed by atoms with Crippen molar-refractivity contribution in [1.29, 1.82) is 0 Å². The first kappa shape index (κ1) is 12.4. The molecule has 1 aromatic carbocycles. The van der Waals surface area contributed by atoms with Crippen LogP contribution in [0.1, 0.15) is 20.3 Å². The highest BCUT2D eigenvalue weighted by Gasteiger charge is 2.08. The second kappa shape index (κ2) is 5.45. The van der Waals surface area contributed by atoms with Crippen LogP contribution in [0.2, 0.25) is 0 Å². The fourth-order valence-corrected chi connectivity index (χ4v) is 1.75. The molecule has 0 aliphatic heterocycles. The van der Waals surface area contributed by atoms with Gasteiger partial charge in [-0.1, -0.05) is 13.8 Å². The maximum Gasteiger partial charge on any atom is 0.150 e. The minimum atomic E-state index is -0.575. The molecule has 1 aromatic rings. The second-order valence-corrected chi connectivity index (χ2v) is 4.71. The highest BCUT2D eigenvalue weighted by molar-refractivity contribution is 9.10. The Hall–Kier alpha value is -0.640. The molecule has 0 saturated heterocycles. The van der Waals surface area contributed by atoms with Gasteiger partial charge in [0.2, 0.25) is 0 Å². The van der Waals surface area contributed by atoms with Crippen LogP contribution in [0.4, 0.5) is 14.5 Å². The zero-order valence-corrected chi connectivity index (χ0v) is 10.4. The molecule has 1 rings (SSSR count). The largest absolute Gasteiger partial charge is 0.382 e. The van der Waals surface area contributed by atoms with E-state index in [0.717, 1.165) is 12.5 Å². The number of hydrogen-bond donors (Lipinski definition) is 1. The molecule has 0 radical (unpaired) electrons. The molecule has 15 heavy (non-hydrogen) atoms. The molecular formula is C11H14BrF2N. The van der Waals surface area contributed by atoms with Crippen LogP contribution in [0, 0.1) is 17.6 Å². The topological polar surface area (TPSA) is 12.0 Å². The summed E-state index contributed by atoms with van der Waals surface area (Å²) >= 11 is 3.12. The van der Waals surface area contributed by atoms with E-state index in [-0.39, 0.29) is 0 Å². The Balaban J connectivity index is 2.68. The number of benzene rings is 1. The Kier molecular flexibility index (Phi) is 4.51. The van der Waals surface area contributed by atoms with Gasteiger partial charge in [0.25, 0.3) is 0 Å². The van der Waals surface area contributed by atoms with Crippen LogP contribution < -0.4 is 5.32 Å². The van der Waals surface area contributed by atoms with E-state index in [9.17, 15) is 8.78 Å². The maximum atomic E-state index is 13.3. The van der Waals surface area contributed by atoms with Gasteiger partial charge in [-0.15, -0.1) is 0 Å². The molecule has 0 aliphatic rings. The van der Waals surface area contributed by atoms with E-state index in [1.807, 2.05) is 0 Å². The summed E-state index contributed by atoms with van der Waals surface area (Å²) in [7, 11) is 0. The van der Waals surface area contributed by atoms with Crippen molar-refractivity contribution in [2.24, 2.45) is 5.92 Å². The summed E-state index contributed by atoms with van der Waals surface area (Å²) in [5, 5.41) is 2.95. The van der Waals surface area contributed by atoms with Crippen LogP contribution in [-0.2, 0) is 0 Å². The molecule has 1 N–H and O–H groups in total. The lowest BCUT2D eigenvalue weighted by Gasteiger charge is -2.11. The van der Waals surface area contributed by atoms with Gasteiger partial charge >= 0.3 is 0 Å². The first-order valence-corrected chi connectivity index (χ1v) is 5.68. The maximum absolute atomic E-state index is 13.3. The van der Waals surface area contributed by atoms with Crippen molar-refractivity contribution in [3.8, 4) is 0 Å². The quantitative estimate of drug-likeness (QED) is 0.871. The molecule has 0 spiro atoms. The number of hydrogen-bond acceptors (Lipinski definition) is 1. The Bertz CT molecular complexity index is 316. The summed E-state index contributed by atoms with van der Waals surface area (Å²) in [6.07, 6.45) is 0.948. The van der Waals surface area contributed by atoms with Crippen molar-refractivity contribution in [1.82, 2.24) is 0 Å². The summed E-state index contributed by atoms with van der Waals surface area (Å²) in [6, 6.07) is 2.13. The molecule has 0 amide bonds. The van der Waals surface area contributed by atoms with Crippen LogP contribution in [-0.4, -0.2) is 6.54 Å². The van der Waals surface area contributed by atoms with E-state index in [2.05, 4.69) is 35.1 Å². The van der Waals surface area contributed by atoms with Gasteiger partial charge in [-0.3, -0.25) is 0 Å². The Morgan fingerprint density at radius 3 is 2.53 bits per heavy atom. The first-order chi connectivity index (χ1) is 7.00. The van der Waals surface area contributed by atoms with Gasteiger partial charge in [0.05, 0.1) is 5.69 Å². The van der Waals surface area contributed by atoms with Gasteiger partial charge in [0, 0.05) is 17.1 Å². The molecule has 0 bridgehead atoms. The molecule has 0 saturated carbocycles. The first-order valence-electron chi connectivity index (χ1n) is 4.89. The Morgan fingerprint density at radius 1 is 1.33 bits per heavy atom. The molecule has 0 unspecified atom stereocenters. The third kappa shape index (κ3) is 3.78. The van der Waals surface area contributed by atoms with Crippen molar-refractivity contribution in [2.75, 3.05) is 11.9 Å². The van der Waals surface area contributed by atoms with Crippen LogP contribution in [0.25, 0.3) is 0 Å². The summed E-state index contributed by atoms with van der Waals surface area (Å²) in [6.45, 7) is 4.87. The second-order valence-electron chi connectivity index (χ2n) is 3.85. The van der Waals surface area contributed by atoms with Gasteiger partial charge in [0.15, 0.2) is 0 Å². The smallest absolute Gasteiger partial charge is 0.150 e. The summed E-state index contributed by atoms with van der Waals surface area (Å²) in [5.74, 6) is -0.584. The molecule has 0 atom stereocenters. The van der Waals surface area contributed by atoms with Crippen molar-refractivity contribution >= 4 is 21.6 Å². The number of anilines is 1. The van der Waals surface area contributed by atoms with Crippen molar-refractivity contribution < 1.29 is 8.78 Å². The SMILES string of the molecule is CC(C)CCNc1c(F)cc(F)cc1Br. The third-order valence-electron chi connectivity index (χ3n) is 2.03. The molecule has 1 nitrogen and oxygen atoms in total. The van der Waals surface area contributed by atoms with Crippen LogP contribution in [0.15, 0.2) is 16.6 Å². The minimum absolute atomic E-state index is 0.331. The van der Waals surface area contributed by atoms with E-state index in [1.54, 1.807) is 0 Å². The average Bonchev–Trinajstić information content (AvgIpc) is 2.08. The normalized spacial score (nSPS) is 10.8. The number of nitrogens with one attached hydrogen (secondary N) is 1. The van der Waals surface area contributed by atoms with Crippen LogP contribution in [0.3, 0.4) is 0 Å². The Morgan fingerprint density at radius 2 is 2.00 bits per heavy atom. The molecule has 0 aromatic heterocycles. The predicted octanol–water partition coefficient (Wildman–Crippen LogP) is 4.19. The monoisotopic (exact) mass is 277 g/mol. The zero-order valence-electron chi connectivity index (χ0n) is 8.78. The average molecular weight is 278 g/mol. The fourth-order valence-electron chi connectivity index (χ4n) is 1.20. The lowest BCUT2D eigenvalue weighted by molar-refractivity contribution is 0.578. The van der Waals surface area contributed by atoms with E-state index in [0.29, 0.717) is 22.6 Å². The van der Waals surface area contributed by atoms with Crippen LogP contribution in [0.5, 0.6) is 0 Å². The molecule has 0 heterocycles. The highest BCUT2D eigenvalue weighted by Crippen LogP contribution is 2.26. The standard InChI is InChI=1S/C11H14BrF2N/c1-7(2)3-4-15-11-9(12)5-8(13)6-10(11)14/h5-7,15H,3-4H2,1-2H3. The van der Waals surface area contributed by atoms with Crippen molar-refractivity contribution in [2.45, 2.75) is 20.3 Å². The third-order valence-corrected chi connectivity index (χ3v) is 2.66. The molecule has 84 valence electrons. The van der Waals surface area contributed by atoms with E-state index in [4.69, 9.17) is 0 Å². The van der Waals surface area contributed by atoms with Gasteiger partial charge in [-0.05, 0) is 34.3 Å². The van der Waals surface area contributed by atoms with E-state index >= 15 is 0 Å². The van der Waals surface area contributed by atoms with E-state index < -0.39 is 11.6 Å². The zero-order chi connectivity index (χ0) is 11.4. The lowest BCUT2D eigenvalue weighted by Crippen LogP contribution is -2.07. The van der Waals surface area contributed by atoms with Gasteiger partial charge in [0.1, 0.15) is 11.6 Å². The van der Waals surface area contributed by atoms with Crippen molar-refractivity contribution in [3.05, 3.63) is 28.2 Å². The Labute approximate surface area is 97.0 Å². The van der Waals surface area contributed by atoms with E-state index in [1.165, 1.54) is 6.07 Å². The van der Waals surface area contributed by atoms with Crippen molar-refractivity contribution in [3.63, 3.8) is 0 Å². The van der Waals surface area contributed by atoms with Gasteiger partial charge in [-0.2, -0.15) is 0 Å². The van der Waals surface area contributed by atoms with Gasteiger partial charge in [-0.25, -0.2) is 8.78 Å². The number of halogens is 3. The number of rotatable bonds is 4. The highest BCUT2D eigenvalue weighted by atomic mass is 79.9. The molecular weight excluding hydrogens is 264 g/mol. The predicted molar refractivity (Wildman–Crippen MR) is 62.0 cm³/mol. The molecule has 0 aliphatic carbocycles. The lowest BCUT2D eigenvalue weighted by atomic mass is 10.1. The molecule has 0 fully saturated rings. The van der Waals surface area contributed by atoms with Gasteiger partial charge < -0.3 is 5.32 Å². The van der Waals surface area contributed by atoms with Crippen LogP contribution >= 0.6 is 15.9 Å². The fraction of sp³-hybridized carbons (Fsp3) is 0.455. The minimum Gasteiger partial charge on any atom is -0.382 e. The summed E-state index contributed by atoms with van der Waals surface area (Å²) < 4.78 is 26.5. The summed E-state index contributed by atoms with van der Waals surface area (Å²) in [4.78, 5) is 0. The summed E-state index contributed by atoms with van der Waals surface area (Å²) in [5.41, 5.74) is 0.331.